The van der Waals surface area contributed by atoms with Crippen LogP contribution in [0.4, 0.5) is 5.69 Å². The van der Waals surface area contributed by atoms with Crippen molar-refractivity contribution >= 4 is 32.8 Å². The number of rotatable bonds is 4. The summed E-state index contributed by atoms with van der Waals surface area (Å²) < 4.78 is 23.1. The number of nitrogen functional groups attached to an aromatic ring is 1. The maximum Gasteiger partial charge on any atom is 0.251 e. The molecule has 112 valence electrons. The molecule has 0 spiro atoms. The highest BCUT2D eigenvalue weighted by Gasteiger charge is 2.13. The second-order valence-corrected chi connectivity index (χ2v) is 7.79. The van der Waals surface area contributed by atoms with Gasteiger partial charge in [-0.2, -0.15) is 0 Å². The molecule has 0 bridgehead atoms. The number of sulfone groups is 1. The summed E-state index contributed by atoms with van der Waals surface area (Å²) in [4.78, 5) is 13.2. The van der Waals surface area contributed by atoms with E-state index >= 15 is 0 Å². The minimum absolute atomic E-state index is 0.0416. The van der Waals surface area contributed by atoms with Gasteiger partial charge < -0.3 is 11.1 Å². The molecule has 0 saturated heterocycles. The summed E-state index contributed by atoms with van der Waals surface area (Å²) in [6, 6.07) is 6.12. The molecule has 0 unspecified atom stereocenters. The van der Waals surface area contributed by atoms with E-state index < -0.39 is 9.84 Å². The van der Waals surface area contributed by atoms with E-state index in [1.165, 1.54) is 18.2 Å². The number of carbonyl (C=O) groups is 1. The highest BCUT2D eigenvalue weighted by Crippen LogP contribution is 2.18. The average Bonchev–Trinajstić information content (AvgIpc) is 2.79. The van der Waals surface area contributed by atoms with Gasteiger partial charge in [-0.3, -0.25) is 4.79 Å². The number of nitrogens with two attached hydrogens (primary N) is 1. The van der Waals surface area contributed by atoms with E-state index in [-0.39, 0.29) is 22.1 Å². The minimum Gasteiger partial charge on any atom is -0.399 e. The summed E-state index contributed by atoms with van der Waals surface area (Å²) in [6.45, 7) is 2.38. The van der Waals surface area contributed by atoms with Crippen LogP contribution in [0, 0.1) is 6.92 Å². The van der Waals surface area contributed by atoms with Crippen LogP contribution >= 0.6 is 11.3 Å². The number of nitrogens with one attached hydrogen (secondary N) is 1. The van der Waals surface area contributed by atoms with Gasteiger partial charge in [-0.15, -0.1) is 11.3 Å². The molecule has 0 atom stereocenters. The Bertz CT molecular complexity index is 779. The van der Waals surface area contributed by atoms with E-state index in [4.69, 9.17) is 5.73 Å². The molecule has 0 aliphatic carbocycles. The zero-order valence-electron chi connectivity index (χ0n) is 11.7. The van der Waals surface area contributed by atoms with Crippen LogP contribution in [-0.4, -0.2) is 20.6 Å². The van der Waals surface area contributed by atoms with Crippen molar-refractivity contribution in [3.63, 3.8) is 0 Å². The lowest BCUT2D eigenvalue weighted by Gasteiger charge is -2.08. The van der Waals surface area contributed by atoms with E-state index in [9.17, 15) is 13.2 Å². The third-order valence-corrected chi connectivity index (χ3v) is 5.11. The first-order chi connectivity index (χ1) is 9.77. The van der Waals surface area contributed by atoms with Crippen molar-refractivity contribution in [2.24, 2.45) is 0 Å². The molecular weight excluding hydrogens is 308 g/mol. The maximum absolute atomic E-state index is 12.1. The van der Waals surface area contributed by atoms with Crippen LogP contribution < -0.4 is 11.1 Å². The summed E-state index contributed by atoms with van der Waals surface area (Å²) in [5.74, 6) is -0.347. The molecule has 7 heteroatoms. The van der Waals surface area contributed by atoms with Crippen LogP contribution in [0.15, 0.2) is 34.5 Å². The fraction of sp³-hybridized carbons (Fsp3) is 0.214. The van der Waals surface area contributed by atoms with Crippen molar-refractivity contribution < 1.29 is 13.2 Å². The van der Waals surface area contributed by atoms with E-state index in [0.29, 0.717) is 6.54 Å². The zero-order chi connectivity index (χ0) is 15.6. The number of anilines is 1. The van der Waals surface area contributed by atoms with Gasteiger partial charge in [0, 0.05) is 22.4 Å². The Morgan fingerprint density at radius 1 is 1.33 bits per heavy atom. The highest BCUT2D eigenvalue weighted by molar-refractivity contribution is 7.90. The maximum atomic E-state index is 12.1. The van der Waals surface area contributed by atoms with Crippen LogP contribution in [0.5, 0.6) is 0 Å². The molecule has 0 aliphatic rings. The topological polar surface area (TPSA) is 89.3 Å². The predicted octanol–water partition coefficient (Wildman–Crippen LogP) is 1.97. The summed E-state index contributed by atoms with van der Waals surface area (Å²) in [7, 11) is -3.40. The van der Waals surface area contributed by atoms with Crippen LogP contribution in [0.1, 0.15) is 20.8 Å². The monoisotopic (exact) mass is 324 g/mol. The Kier molecular flexibility index (Phi) is 4.34. The van der Waals surface area contributed by atoms with Crippen molar-refractivity contribution in [3.05, 3.63) is 45.6 Å². The third kappa shape index (κ3) is 3.83. The molecular formula is C14H16N2O3S2. The molecule has 1 amide bonds. The quantitative estimate of drug-likeness (QED) is 0.842. The lowest BCUT2D eigenvalue weighted by molar-refractivity contribution is 0.0951. The summed E-state index contributed by atoms with van der Waals surface area (Å²) in [6.07, 6.45) is 1.08. The third-order valence-electron chi connectivity index (χ3n) is 3.00. The van der Waals surface area contributed by atoms with Gasteiger partial charge in [0.25, 0.3) is 5.91 Å². The molecule has 2 rings (SSSR count). The van der Waals surface area contributed by atoms with Crippen LogP contribution in [0.3, 0.4) is 0 Å². The first kappa shape index (κ1) is 15.5. The number of thiophene rings is 1. The van der Waals surface area contributed by atoms with Gasteiger partial charge in [-0.1, -0.05) is 0 Å². The van der Waals surface area contributed by atoms with Crippen molar-refractivity contribution in [1.29, 1.82) is 0 Å². The summed E-state index contributed by atoms with van der Waals surface area (Å²) in [5, 5.41) is 4.73. The van der Waals surface area contributed by atoms with Gasteiger partial charge in [0.1, 0.15) is 0 Å². The first-order valence-corrected chi connectivity index (χ1v) is 8.96. The standard InChI is InChI=1S/C14H16N2O3S2/c1-9-3-4-20-13(9)8-16-14(17)10-5-11(15)7-12(6-10)21(2,18)19/h3-7H,8,15H2,1-2H3,(H,16,17). The Labute approximate surface area is 127 Å². The van der Waals surface area contributed by atoms with Gasteiger partial charge in [0.15, 0.2) is 9.84 Å². The van der Waals surface area contributed by atoms with Crippen LogP contribution in [0.2, 0.25) is 0 Å². The molecule has 0 saturated carbocycles. The molecule has 0 fully saturated rings. The number of hydrogen-bond acceptors (Lipinski definition) is 5. The first-order valence-electron chi connectivity index (χ1n) is 6.19. The smallest absolute Gasteiger partial charge is 0.251 e. The molecule has 21 heavy (non-hydrogen) atoms. The minimum atomic E-state index is -3.40. The molecule has 0 radical (unpaired) electrons. The summed E-state index contributed by atoms with van der Waals surface area (Å²) >= 11 is 1.56. The second-order valence-electron chi connectivity index (χ2n) is 4.77. The molecule has 3 N–H and O–H groups in total. The normalized spacial score (nSPS) is 11.3. The van der Waals surface area contributed by atoms with Gasteiger partial charge in [0.05, 0.1) is 11.4 Å². The van der Waals surface area contributed by atoms with Gasteiger partial charge in [-0.05, 0) is 42.1 Å². The fourth-order valence-electron chi connectivity index (χ4n) is 1.82. The number of aryl methyl sites for hydroxylation is 1. The molecule has 1 heterocycles. The second kappa shape index (κ2) is 5.87. The molecule has 1 aromatic carbocycles. The Hall–Kier alpha value is -1.86. The predicted molar refractivity (Wildman–Crippen MR) is 84.2 cm³/mol. The van der Waals surface area contributed by atoms with E-state index in [1.54, 1.807) is 11.3 Å². The van der Waals surface area contributed by atoms with E-state index in [0.717, 1.165) is 16.7 Å². The number of hydrogen-bond donors (Lipinski definition) is 2. The largest absolute Gasteiger partial charge is 0.399 e. The fourth-order valence-corrected chi connectivity index (χ4v) is 3.35. The number of carbonyl (C=O) groups excluding carboxylic acids is 1. The molecule has 5 nitrogen and oxygen atoms in total. The van der Waals surface area contributed by atoms with Gasteiger partial charge in [0.2, 0.25) is 0 Å². The Morgan fingerprint density at radius 3 is 2.62 bits per heavy atom. The number of benzene rings is 1. The van der Waals surface area contributed by atoms with E-state index in [2.05, 4.69) is 5.32 Å². The molecule has 1 aromatic heterocycles. The van der Waals surface area contributed by atoms with Crippen molar-refractivity contribution in [3.8, 4) is 0 Å². The van der Waals surface area contributed by atoms with Crippen LogP contribution in [0.25, 0.3) is 0 Å². The average molecular weight is 324 g/mol. The molecule has 0 aliphatic heterocycles. The lowest BCUT2D eigenvalue weighted by Crippen LogP contribution is -2.23. The van der Waals surface area contributed by atoms with E-state index in [1.807, 2.05) is 18.4 Å². The van der Waals surface area contributed by atoms with Gasteiger partial charge >= 0.3 is 0 Å². The number of amides is 1. The Balaban J connectivity index is 2.20. The van der Waals surface area contributed by atoms with Crippen molar-refractivity contribution in [1.82, 2.24) is 5.32 Å². The summed E-state index contributed by atoms with van der Waals surface area (Å²) in [5.41, 5.74) is 7.27. The van der Waals surface area contributed by atoms with Gasteiger partial charge in [-0.25, -0.2) is 8.42 Å². The zero-order valence-corrected chi connectivity index (χ0v) is 13.3. The van der Waals surface area contributed by atoms with Crippen LogP contribution in [-0.2, 0) is 16.4 Å². The SMILES string of the molecule is Cc1ccsc1CNC(=O)c1cc(N)cc(S(C)(=O)=O)c1. The van der Waals surface area contributed by atoms with Crippen molar-refractivity contribution in [2.75, 3.05) is 12.0 Å². The Morgan fingerprint density at radius 2 is 2.05 bits per heavy atom. The lowest BCUT2D eigenvalue weighted by atomic mass is 10.2. The highest BCUT2D eigenvalue weighted by atomic mass is 32.2. The van der Waals surface area contributed by atoms with Crippen molar-refractivity contribution in [2.45, 2.75) is 18.4 Å². The molecule has 2 aromatic rings.